The first-order chi connectivity index (χ1) is 9.11. The third kappa shape index (κ3) is 5.02. The van der Waals surface area contributed by atoms with E-state index in [2.05, 4.69) is 11.9 Å². The fraction of sp³-hybridized carbons (Fsp3) is 0.571. The fourth-order valence-electron chi connectivity index (χ4n) is 2.53. The van der Waals surface area contributed by atoms with Crippen LogP contribution < -0.4 is 10.5 Å². The number of carbonyl (C=O) groups is 1. The predicted molar refractivity (Wildman–Crippen MR) is 87.2 cm³/mol. The lowest BCUT2D eigenvalue weighted by Crippen LogP contribution is -2.42. The van der Waals surface area contributed by atoms with E-state index in [0.29, 0.717) is 18.2 Å². The minimum Gasteiger partial charge on any atom is -0.479 e. The molecule has 5 nitrogen and oxygen atoms in total. The van der Waals surface area contributed by atoms with E-state index in [-0.39, 0.29) is 36.8 Å². The van der Waals surface area contributed by atoms with Gasteiger partial charge in [0, 0.05) is 18.8 Å². The molecule has 1 aromatic heterocycles. The Morgan fingerprint density at radius 2 is 2.29 bits per heavy atom. The monoisotopic (exact) mass is 335 g/mol. The summed E-state index contributed by atoms with van der Waals surface area (Å²) in [6, 6.07) is 3.82. The van der Waals surface area contributed by atoms with Crippen molar-refractivity contribution in [2.45, 2.75) is 32.4 Å². The molecule has 1 fully saturated rings. The standard InChI is InChI=1S/C14H21N3O2.2ClH/c1-10-6-12(7-15)9-17(10)14(18)11(2)19-13-4-3-5-16-8-13;;/h3-5,8,10-12H,6-7,9,15H2,1-2H3;2*1H. The van der Waals surface area contributed by atoms with Crippen LogP contribution in [-0.2, 0) is 4.79 Å². The summed E-state index contributed by atoms with van der Waals surface area (Å²) >= 11 is 0. The maximum atomic E-state index is 12.4. The number of rotatable bonds is 4. The van der Waals surface area contributed by atoms with Gasteiger partial charge in [0.15, 0.2) is 6.10 Å². The topological polar surface area (TPSA) is 68.5 Å². The number of hydrogen-bond donors (Lipinski definition) is 1. The smallest absolute Gasteiger partial charge is 0.263 e. The van der Waals surface area contributed by atoms with E-state index in [1.807, 2.05) is 4.90 Å². The van der Waals surface area contributed by atoms with Crippen LogP contribution in [0.25, 0.3) is 0 Å². The molecule has 0 spiro atoms. The molecule has 1 aliphatic heterocycles. The Kier molecular flexibility index (Phi) is 8.63. The number of nitrogens with zero attached hydrogens (tertiary/aromatic N) is 2. The van der Waals surface area contributed by atoms with Gasteiger partial charge in [-0.15, -0.1) is 24.8 Å². The summed E-state index contributed by atoms with van der Waals surface area (Å²) in [5.74, 6) is 1.04. The first-order valence-corrected chi connectivity index (χ1v) is 6.69. The van der Waals surface area contributed by atoms with E-state index >= 15 is 0 Å². The minimum atomic E-state index is -0.497. The molecule has 0 aliphatic carbocycles. The van der Waals surface area contributed by atoms with Crippen LogP contribution in [0.3, 0.4) is 0 Å². The molecule has 2 rings (SSSR count). The van der Waals surface area contributed by atoms with Crippen LogP contribution >= 0.6 is 24.8 Å². The number of hydrogen-bond acceptors (Lipinski definition) is 4. The lowest BCUT2D eigenvalue weighted by molar-refractivity contribution is -0.138. The van der Waals surface area contributed by atoms with Gasteiger partial charge in [-0.2, -0.15) is 0 Å². The zero-order valence-corrected chi connectivity index (χ0v) is 13.9. The second-order valence-electron chi connectivity index (χ2n) is 5.13. The Hall–Kier alpha value is -1.04. The average molecular weight is 336 g/mol. The van der Waals surface area contributed by atoms with Gasteiger partial charge in [0.25, 0.3) is 5.91 Å². The van der Waals surface area contributed by atoms with Crippen LogP contribution in [0.4, 0.5) is 0 Å². The molecule has 2 heterocycles. The minimum absolute atomic E-state index is 0. The number of likely N-dealkylation sites (tertiary alicyclic amines) is 1. The molecule has 0 bridgehead atoms. The maximum absolute atomic E-state index is 12.4. The largest absolute Gasteiger partial charge is 0.479 e. The lowest BCUT2D eigenvalue weighted by atomic mass is 10.1. The summed E-state index contributed by atoms with van der Waals surface area (Å²) in [6.07, 6.45) is 3.76. The Morgan fingerprint density at radius 3 is 2.81 bits per heavy atom. The molecule has 3 atom stereocenters. The normalized spacial score (nSPS) is 22.0. The van der Waals surface area contributed by atoms with E-state index in [0.717, 1.165) is 13.0 Å². The maximum Gasteiger partial charge on any atom is 0.263 e. The first kappa shape index (κ1) is 20.0. The van der Waals surface area contributed by atoms with Crippen molar-refractivity contribution in [1.82, 2.24) is 9.88 Å². The average Bonchev–Trinajstić information content (AvgIpc) is 2.80. The summed E-state index contributed by atoms with van der Waals surface area (Å²) < 4.78 is 5.62. The van der Waals surface area contributed by atoms with Crippen LogP contribution in [0.1, 0.15) is 20.3 Å². The van der Waals surface area contributed by atoms with E-state index in [1.54, 1.807) is 31.5 Å². The van der Waals surface area contributed by atoms with Gasteiger partial charge in [0.2, 0.25) is 0 Å². The summed E-state index contributed by atoms with van der Waals surface area (Å²) in [7, 11) is 0. The number of halogens is 2. The summed E-state index contributed by atoms with van der Waals surface area (Å²) in [4.78, 5) is 18.2. The second-order valence-corrected chi connectivity index (χ2v) is 5.13. The van der Waals surface area contributed by atoms with Crippen molar-refractivity contribution < 1.29 is 9.53 Å². The number of aromatic nitrogens is 1. The molecule has 21 heavy (non-hydrogen) atoms. The SMILES string of the molecule is CC(Oc1cccnc1)C(=O)N1CC(CN)CC1C.Cl.Cl. The molecule has 7 heteroatoms. The van der Waals surface area contributed by atoms with Crippen molar-refractivity contribution in [3.05, 3.63) is 24.5 Å². The summed E-state index contributed by atoms with van der Waals surface area (Å²) in [5, 5.41) is 0. The van der Waals surface area contributed by atoms with Crippen molar-refractivity contribution in [2.75, 3.05) is 13.1 Å². The number of nitrogens with two attached hydrogens (primary N) is 1. The van der Waals surface area contributed by atoms with Crippen molar-refractivity contribution in [1.29, 1.82) is 0 Å². The molecule has 120 valence electrons. The highest BCUT2D eigenvalue weighted by atomic mass is 35.5. The number of ether oxygens (including phenoxy) is 1. The van der Waals surface area contributed by atoms with E-state index in [1.165, 1.54) is 0 Å². The third-order valence-electron chi connectivity index (χ3n) is 3.57. The van der Waals surface area contributed by atoms with Gasteiger partial charge < -0.3 is 15.4 Å². The van der Waals surface area contributed by atoms with Crippen LogP contribution in [0, 0.1) is 5.92 Å². The zero-order valence-electron chi connectivity index (χ0n) is 12.3. The Morgan fingerprint density at radius 1 is 1.57 bits per heavy atom. The highest BCUT2D eigenvalue weighted by molar-refractivity contribution is 5.85. The number of carbonyl (C=O) groups excluding carboxylic acids is 1. The van der Waals surface area contributed by atoms with Gasteiger partial charge in [-0.3, -0.25) is 9.78 Å². The van der Waals surface area contributed by atoms with Gasteiger partial charge in [-0.25, -0.2) is 0 Å². The van der Waals surface area contributed by atoms with Crippen LogP contribution in [0.2, 0.25) is 0 Å². The molecular formula is C14H23Cl2N3O2. The quantitative estimate of drug-likeness (QED) is 0.912. The Labute approximate surface area is 138 Å². The van der Waals surface area contributed by atoms with Crippen LogP contribution in [0.15, 0.2) is 24.5 Å². The fourth-order valence-corrected chi connectivity index (χ4v) is 2.53. The van der Waals surface area contributed by atoms with Gasteiger partial charge in [0.05, 0.1) is 6.20 Å². The second kappa shape index (κ2) is 9.07. The van der Waals surface area contributed by atoms with Crippen molar-refractivity contribution in [3.8, 4) is 5.75 Å². The van der Waals surface area contributed by atoms with Crippen LogP contribution in [-0.4, -0.2) is 41.0 Å². The van der Waals surface area contributed by atoms with Gasteiger partial charge >= 0.3 is 0 Å². The molecule has 0 saturated carbocycles. The first-order valence-electron chi connectivity index (χ1n) is 6.69. The molecule has 0 radical (unpaired) electrons. The van der Waals surface area contributed by atoms with Gasteiger partial charge in [-0.05, 0) is 44.9 Å². The third-order valence-corrected chi connectivity index (χ3v) is 3.57. The molecular weight excluding hydrogens is 313 g/mol. The highest BCUT2D eigenvalue weighted by Crippen LogP contribution is 2.23. The van der Waals surface area contributed by atoms with E-state index in [9.17, 15) is 4.79 Å². The van der Waals surface area contributed by atoms with Crippen molar-refractivity contribution in [2.24, 2.45) is 11.7 Å². The van der Waals surface area contributed by atoms with Crippen molar-refractivity contribution >= 4 is 30.7 Å². The molecule has 1 aliphatic rings. The van der Waals surface area contributed by atoms with Crippen LogP contribution in [0.5, 0.6) is 5.75 Å². The summed E-state index contributed by atoms with van der Waals surface area (Å²) in [6.45, 7) is 5.20. The predicted octanol–water partition coefficient (Wildman–Crippen LogP) is 1.89. The van der Waals surface area contributed by atoms with E-state index in [4.69, 9.17) is 10.5 Å². The van der Waals surface area contributed by atoms with Gasteiger partial charge in [-0.1, -0.05) is 0 Å². The van der Waals surface area contributed by atoms with E-state index < -0.39 is 6.10 Å². The number of amides is 1. The summed E-state index contributed by atoms with van der Waals surface area (Å²) in [5.41, 5.74) is 5.68. The molecule has 3 unspecified atom stereocenters. The zero-order chi connectivity index (χ0) is 13.8. The molecule has 1 saturated heterocycles. The van der Waals surface area contributed by atoms with Gasteiger partial charge in [0.1, 0.15) is 5.75 Å². The highest BCUT2D eigenvalue weighted by Gasteiger charge is 2.34. The number of pyridine rings is 1. The molecule has 2 N–H and O–H groups in total. The molecule has 0 aromatic carbocycles. The van der Waals surface area contributed by atoms with Crippen molar-refractivity contribution in [3.63, 3.8) is 0 Å². The molecule has 1 amide bonds. The Bertz CT molecular complexity index is 433. The molecule has 1 aromatic rings. The Balaban J connectivity index is 0.00000200. The lowest BCUT2D eigenvalue weighted by Gasteiger charge is -2.25.